The molecular weight excluding hydrogens is 366 g/mol. The smallest absolute Gasteiger partial charge is 0.224 e. The number of nitrogens with zero attached hydrogens (tertiary/aromatic N) is 2. The van der Waals surface area contributed by atoms with Gasteiger partial charge in [0.15, 0.2) is 17.5 Å². The third kappa shape index (κ3) is 4.01. The largest absolute Gasteiger partial charge is 0.354 e. The van der Waals surface area contributed by atoms with Crippen molar-refractivity contribution in [3.05, 3.63) is 39.5 Å². The average molecular weight is 378 g/mol. The summed E-state index contributed by atoms with van der Waals surface area (Å²) in [6.07, 6.45) is 2.26. The fourth-order valence-electron chi connectivity index (χ4n) is 1.56. The predicted octanol–water partition coefficient (Wildman–Crippen LogP) is 4.74. The Morgan fingerprint density at radius 3 is 2.57 bits per heavy atom. The zero-order valence-corrected chi connectivity index (χ0v) is 13.4. The lowest BCUT2D eigenvalue weighted by molar-refractivity contribution is 0.589. The van der Waals surface area contributed by atoms with E-state index in [1.807, 2.05) is 6.92 Å². The lowest BCUT2D eigenvalue weighted by atomic mass is 10.3. The highest BCUT2D eigenvalue weighted by Crippen LogP contribution is 2.29. The van der Waals surface area contributed by atoms with E-state index in [2.05, 4.69) is 36.5 Å². The number of rotatable bonds is 5. The first-order valence-corrected chi connectivity index (χ1v) is 7.36. The molecule has 1 aromatic carbocycles. The maximum absolute atomic E-state index is 13.8. The summed E-state index contributed by atoms with van der Waals surface area (Å²) in [4.78, 5) is 8.09. The molecule has 112 valence electrons. The Kier molecular flexibility index (Phi) is 5.30. The van der Waals surface area contributed by atoms with Crippen molar-refractivity contribution < 1.29 is 8.78 Å². The van der Waals surface area contributed by atoms with Gasteiger partial charge in [-0.2, -0.15) is 4.98 Å². The minimum Gasteiger partial charge on any atom is -0.354 e. The van der Waals surface area contributed by atoms with Crippen LogP contribution in [0.2, 0.25) is 5.02 Å². The monoisotopic (exact) mass is 376 g/mol. The van der Waals surface area contributed by atoms with Gasteiger partial charge in [0.1, 0.15) is 10.7 Å². The summed E-state index contributed by atoms with van der Waals surface area (Å²) in [5.41, 5.74) is -0.319. The van der Waals surface area contributed by atoms with Crippen molar-refractivity contribution in [2.24, 2.45) is 0 Å². The Labute approximate surface area is 134 Å². The van der Waals surface area contributed by atoms with Crippen LogP contribution in [0.4, 0.5) is 26.2 Å². The molecule has 2 rings (SSSR count). The van der Waals surface area contributed by atoms with Crippen LogP contribution in [0.25, 0.3) is 0 Å². The Morgan fingerprint density at radius 1 is 1.29 bits per heavy atom. The standard InChI is InChI=1S/C13H12BrClF2N4/c1-2-3-18-13-19-6-8(15)12(21-13)20-11-9(16)4-7(14)5-10(11)17/h4-6H,2-3H2,1H3,(H2,18,19,20,21). The number of aromatic nitrogens is 2. The summed E-state index contributed by atoms with van der Waals surface area (Å²) in [5, 5.41) is 5.69. The highest BCUT2D eigenvalue weighted by atomic mass is 79.9. The van der Waals surface area contributed by atoms with Crippen LogP contribution in [-0.4, -0.2) is 16.5 Å². The molecule has 1 heterocycles. The lowest BCUT2D eigenvalue weighted by Gasteiger charge is -2.11. The first-order chi connectivity index (χ1) is 10.0. The van der Waals surface area contributed by atoms with Gasteiger partial charge in [0.25, 0.3) is 0 Å². The summed E-state index contributed by atoms with van der Waals surface area (Å²) in [7, 11) is 0. The molecule has 2 N–H and O–H groups in total. The van der Waals surface area contributed by atoms with E-state index in [9.17, 15) is 8.78 Å². The van der Waals surface area contributed by atoms with E-state index in [4.69, 9.17) is 11.6 Å². The molecule has 21 heavy (non-hydrogen) atoms. The molecule has 0 bridgehead atoms. The molecule has 1 aromatic heterocycles. The molecule has 4 nitrogen and oxygen atoms in total. The Bertz CT molecular complexity index is 631. The van der Waals surface area contributed by atoms with E-state index in [-0.39, 0.29) is 16.5 Å². The topological polar surface area (TPSA) is 49.8 Å². The number of halogens is 4. The van der Waals surface area contributed by atoms with Crippen LogP contribution in [0.3, 0.4) is 0 Å². The van der Waals surface area contributed by atoms with Crippen LogP contribution in [0, 0.1) is 11.6 Å². The van der Waals surface area contributed by atoms with Gasteiger partial charge in [-0.25, -0.2) is 13.8 Å². The Balaban J connectivity index is 2.31. The van der Waals surface area contributed by atoms with E-state index in [0.717, 1.165) is 18.6 Å². The van der Waals surface area contributed by atoms with Gasteiger partial charge in [-0.3, -0.25) is 0 Å². The van der Waals surface area contributed by atoms with Crippen molar-refractivity contribution in [1.29, 1.82) is 0 Å². The van der Waals surface area contributed by atoms with Crippen LogP contribution in [0.15, 0.2) is 22.8 Å². The van der Waals surface area contributed by atoms with Crippen molar-refractivity contribution in [2.75, 3.05) is 17.2 Å². The summed E-state index contributed by atoms with van der Waals surface area (Å²) >= 11 is 8.96. The SMILES string of the molecule is CCCNc1ncc(Cl)c(Nc2c(F)cc(Br)cc2F)n1. The van der Waals surface area contributed by atoms with Gasteiger partial charge in [0.05, 0.1) is 6.20 Å². The molecule has 0 aliphatic rings. The summed E-state index contributed by atoms with van der Waals surface area (Å²) in [6, 6.07) is 2.30. The summed E-state index contributed by atoms with van der Waals surface area (Å²) < 4.78 is 27.9. The molecule has 0 spiro atoms. The van der Waals surface area contributed by atoms with Crippen LogP contribution in [-0.2, 0) is 0 Å². The van der Waals surface area contributed by atoms with Gasteiger partial charge in [-0.15, -0.1) is 0 Å². The van der Waals surface area contributed by atoms with Gasteiger partial charge in [-0.1, -0.05) is 34.5 Å². The molecule has 0 aliphatic heterocycles. The number of nitrogens with one attached hydrogen (secondary N) is 2. The van der Waals surface area contributed by atoms with Gasteiger partial charge in [-0.05, 0) is 18.6 Å². The molecule has 0 radical (unpaired) electrons. The van der Waals surface area contributed by atoms with Crippen LogP contribution in [0.1, 0.15) is 13.3 Å². The van der Waals surface area contributed by atoms with E-state index in [1.165, 1.54) is 6.20 Å². The molecule has 0 amide bonds. The number of hydrogen-bond donors (Lipinski definition) is 2. The molecule has 0 unspecified atom stereocenters. The minimum atomic E-state index is -0.750. The fourth-order valence-corrected chi connectivity index (χ4v) is 2.10. The Hall–Kier alpha value is -1.47. The fraction of sp³-hybridized carbons (Fsp3) is 0.231. The van der Waals surface area contributed by atoms with Crippen LogP contribution >= 0.6 is 27.5 Å². The molecular formula is C13H12BrClF2N4. The molecule has 8 heteroatoms. The van der Waals surface area contributed by atoms with E-state index < -0.39 is 11.6 Å². The minimum absolute atomic E-state index is 0.130. The number of anilines is 3. The second-order valence-electron chi connectivity index (χ2n) is 4.19. The van der Waals surface area contributed by atoms with E-state index in [1.54, 1.807) is 0 Å². The number of benzene rings is 1. The molecule has 0 saturated heterocycles. The molecule has 2 aromatic rings. The van der Waals surface area contributed by atoms with Crippen LogP contribution < -0.4 is 10.6 Å². The maximum Gasteiger partial charge on any atom is 0.224 e. The quantitative estimate of drug-likeness (QED) is 0.790. The van der Waals surface area contributed by atoms with E-state index in [0.29, 0.717) is 17.0 Å². The van der Waals surface area contributed by atoms with Crippen molar-refractivity contribution in [2.45, 2.75) is 13.3 Å². The van der Waals surface area contributed by atoms with Crippen LogP contribution in [0.5, 0.6) is 0 Å². The second-order valence-corrected chi connectivity index (χ2v) is 5.51. The summed E-state index contributed by atoms with van der Waals surface area (Å²) in [5.74, 6) is -1.04. The van der Waals surface area contributed by atoms with Gasteiger partial charge in [0.2, 0.25) is 5.95 Å². The molecule has 0 fully saturated rings. The lowest BCUT2D eigenvalue weighted by Crippen LogP contribution is -2.07. The maximum atomic E-state index is 13.8. The zero-order valence-electron chi connectivity index (χ0n) is 11.1. The second kappa shape index (κ2) is 7.00. The highest BCUT2D eigenvalue weighted by molar-refractivity contribution is 9.10. The van der Waals surface area contributed by atoms with Gasteiger partial charge in [0, 0.05) is 11.0 Å². The van der Waals surface area contributed by atoms with Crippen molar-refractivity contribution in [1.82, 2.24) is 9.97 Å². The van der Waals surface area contributed by atoms with Gasteiger partial charge >= 0.3 is 0 Å². The van der Waals surface area contributed by atoms with Gasteiger partial charge < -0.3 is 10.6 Å². The number of hydrogen-bond acceptors (Lipinski definition) is 4. The predicted molar refractivity (Wildman–Crippen MR) is 83.2 cm³/mol. The molecule has 0 atom stereocenters. The van der Waals surface area contributed by atoms with Crippen molar-refractivity contribution in [3.8, 4) is 0 Å². The first kappa shape index (κ1) is 15.9. The highest BCUT2D eigenvalue weighted by Gasteiger charge is 2.14. The van der Waals surface area contributed by atoms with Crippen molar-refractivity contribution in [3.63, 3.8) is 0 Å². The van der Waals surface area contributed by atoms with E-state index >= 15 is 0 Å². The third-order valence-electron chi connectivity index (χ3n) is 2.53. The van der Waals surface area contributed by atoms with Crippen molar-refractivity contribution >= 4 is 45.0 Å². The molecule has 0 saturated carbocycles. The Morgan fingerprint density at radius 2 is 1.95 bits per heavy atom. The first-order valence-electron chi connectivity index (χ1n) is 6.19. The average Bonchev–Trinajstić information content (AvgIpc) is 2.43. The summed E-state index contributed by atoms with van der Waals surface area (Å²) in [6.45, 7) is 2.68. The third-order valence-corrected chi connectivity index (χ3v) is 3.26. The molecule has 0 aliphatic carbocycles. The normalized spacial score (nSPS) is 10.5. The zero-order chi connectivity index (χ0) is 15.4.